The highest BCUT2D eigenvalue weighted by atomic mass is 16.4. The van der Waals surface area contributed by atoms with Crippen LogP contribution in [0.3, 0.4) is 0 Å². The summed E-state index contributed by atoms with van der Waals surface area (Å²) in [4.78, 5) is 25.8. The van der Waals surface area contributed by atoms with Gasteiger partial charge < -0.3 is 15.3 Å². The average molecular weight is 294 g/mol. The van der Waals surface area contributed by atoms with E-state index in [1.54, 1.807) is 4.90 Å². The molecule has 1 aliphatic heterocycles. The molecule has 21 heavy (non-hydrogen) atoms. The minimum Gasteiger partial charge on any atom is -0.479 e. The molecular formula is C16H26N2O3. The van der Waals surface area contributed by atoms with E-state index < -0.39 is 11.5 Å². The Kier molecular flexibility index (Phi) is 3.62. The van der Waals surface area contributed by atoms with Crippen molar-refractivity contribution in [2.24, 2.45) is 11.3 Å². The maximum Gasteiger partial charge on any atom is 0.329 e. The van der Waals surface area contributed by atoms with Gasteiger partial charge in [0.25, 0.3) is 0 Å². The monoisotopic (exact) mass is 294 g/mol. The molecule has 2 saturated carbocycles. The number of urea groups is 1. The molecule has 0 spiro atoms. The molecule has 1 saturated heterocycles. The quantitative estimate of drug-likeness (QED) is 0.791. The molecule has 5 heteroatoms. The van der Waals surface area contributed by atoms with Crippen LogP contribution in [0.15, 0.2) is 0 Å². The lowest BCUT2D eigenvalue weighted by Crippen LogP contribution is -2.56. The van der Waals surface area contributed by atoms with Crippen molar-refractivity contribution in [1.82, 2.24) is 10.2 Å². The normalized spacial score (nSPS) is 30.2. The van der Waals surface area contributed by atoms with Crippen molar-refractivity contribution in [3.63, 3.8) is 0 Å². The Morgan fingerprint density at radius 2 is 2.00 bits per heavy atom. The Labute approximate surface area is 126 Å². The van der Waals surface area contributed by atoms with Gasteiger partial charge in [0.15, 0.2) is 0 Å². The molecule has 1 heterocycles. The van der Waals surface area contributed by atoms with Gasteiger partial charge in [-0.05, 0) is 56.3 Å². The van der Waals surface area contributed by atoms with Crippen molar-refractivity contribution in [3.8, 4) is 0 Å². The SMILES string of the molecule is CCCC1(C(=O)O)CCCN1C(=O)NCC1(C2CC2)CC1. The molecule has 1 atom stereocenters. The number of rotatable bonds is 6. The van der Waals surface area contributed by atoms with Crippen LogP contribution in [0.4, 0.5) is 4.79 Å². The maximum absolute atomic E-state index is 12.5. The number of carboxylic acids is 1. The van der Waals surface area contributed by atoms with Gasteiger partial charge in [-0.2, -0.15) is 0 Å². The van der Waals surface area contributed by atoms with E-state index in [-0.39, 0.29) is 6.03 Å². The van der Waals surface area contributed by atoms with Crippen LogP contribution in [0.5, 0.6) is 0 Å². The van der Waals surface area contributed by atoms with E-state index in [4.69, 9.17) is 0 Å². The molecule has 118 valence electrons. The largest absolute Gasteiger partial charge is 0.479 e. The fourth-order valence-corrected chi connectivity index (χ4v) is 4.11. The first kappa shape index (κ1) is 14.7. The van der Waals surface area contributed by atoms with Crippen molar-refractivity contribution in [2.75, 3.05) is 13.1 Å². The summed E-state index contributed by atoms with van der Waals surface area (Å²) >= 11 is 0. The Hall–Kier alpha value is -1.26. The number of amides is 2. The molecule has 2 N–H and O–H groups in total. The molecule has 3 aliphatic rings. The van der Waals surface area contributed by atoms with Gasteiger partial charge in [-0.25, -0.2) is 9.59 Å². The molecular weight excluding hydrogens is 268 g/mol. The van der Waals surface area contributed by atoms with E-state index in [0.717, 1.165) is 25.3 Å². The minimum atomic E-state index is -0.977. The fraction of sp³-hybridized carbons (Fsp3) is 0.875. The third kappa shape index (κ3) is 2.51. The van der Waals surface area contributed by atoms with Gasteiger partial charge in [-0.3, -0.25) is 0 Å². The maximum atomic E-state index is 12.5. The first-order valence-electron chi connectivity index (χ1n) is 8.33. The number of nitrogens with one attached hydrogen (secondary N) is 1. The van der Waals surface area contributed by atoms with Crippen LogP contribution in [-0.2, 0) is 4.79 Å². The second-order valence-electron chi connectivity index (χ2n) is 7.14. The summed E-state index contributed by atoms with van der Waals surface area (Å²) in [5, 5.41) is 12.7. The van der Waals surface area contributed by atoms with Crippen molar-refractivity contribution in [2.45, 2.75) is 63.8 Å². The van der Waals surface area contributed by atoms with Crippen LogP contribution in [0, 0.1) is 11.3 Å². The van der Waals surface area contributed by atoms with E-state index in [0.29, 0.717) is 24.8 Å². The number of hydrogen-bond donors (Lipinski definition) is 2. The number of nitrogens with zero attached hydrogens (tertiary/aromatic N) is 1. The topological polar surface area (TPSA) is 69.6 Å². The summed E-state index contributed by atoms with van der Waals surface area (Å²) in [5.41, 5.74) is -0.624. The summed E-state index contributed by atoms with van der Waals surface area (Å²) in [7, 11) is 0. The smallest absolute Gasteiger partial charge is 0.329 e. The lowest BCUT2D eigenvalue weighted by molar-refractivity contribution is -0.148. The number of carbonyl (C=O) groups excluding carboxylic acids is 1. The zero-order valence-corrected chi connectivity index (χ0v) is 12.9. The Bertz CT molecular complexity index is 443. The van der Waals surface area contributed by atoms with Crippen LogP contribution >= 0.6 is 0 Å². The number of likely N-dealkylation sites (tertiary alicyclic amines) is 1. The van der Waals surface area contributed by atoms with Crippen molar-refractivity contribution in [3.05, 3.63) is 0 Å². The van der Waals surface area contributed by atoms with Crippen molar-refractivity contribution >= 4 is 12.0 Å². The summed E-state index contributed by atoms with van der Waals surface area (Å²) in [6.07, 6.45) is 7.73. The third-order valence-electron chi connectivity index (χ3n) is 5.72. The predicted molar refractivity (Wildman–Crippen MR) is 79.0 cm³/mol. The van der Waals surface area contributed by atoms with Crippen molar-refractivity contribution in [1.29, 1.82) is 0 Å². The molecule has 0 aromatic carbocycles. The van der Waals surface area contributed by atoms with E-state index in [1.807, 2.05) is 6.92 Å². The number of carbonyl (C=O) groups is 2. The molecule has 0 radical (unpaired) electrons. The van der Waals surface area contributed by atoms with Crippen LogP contribution in [0.25, 0.3) is 0 Å². The molecule has 3 fully saturated rings. The van der Waals surface area contributed by atoms with E-state index in [1.165, 1.54) is 25.7 Å². The van der Waals surface area contributed by atoms with Gasteiger partial charge in [0.1, 0.15) is 5.54 Å². The van der Waals surface area contributed by atoms with Crippen LogP contribution in [0.2, 0.25) is 0 Å². The highest BCUT2D eigenvalue weighted by Gasteiger charge is 2.54. The van der Waals surface area contributed by atoms with Crippen LogP contribution < -0.4 is 5.32 Å². The highest BCUT2D eigenvalue weighted by molar-refractivity contribution is 5.87. The number of aliphatic carboxylic acids is 1. The van der Waals surface area contributed by atoms with Gasteiger partial charge in [0.2, 0.25) is 0 Å². The van der Waals surface area contributed by atoms with Gasteiger partial charge in [-0.15, -0.1) is 0 Å². The Balaban J connectivity index is 1.63. The predicted octanol–water partition coefficient (Wildman–Crippen LogP) is 2.61. The second-order valence-corrected chi connectivity index (χ2v) is 7.14. The van der Waals surface area contributed by atoms with Gasteiger partial charge in [0, 0.05) is 13.1 Å². The van der Waals surface area contributed by atoms with E-state index >= 15 is 0 Å². The van der Waals surface area contributed by atoms with Gasteiger partial charge in [0.05, 0.1) is 0 Å². The summed E-state index contributed by atoms with van der Waals surface area (Å²) in [6, 6.07) is -0.171. The van der Waals surface area contributed by atoms with E-state index in [2.05, 4.69) is 5.32 Å². The van der Waals surface area contributed by atoms with E-state index in [9.17, 15) is 14.7 Å². The van der Waals surface area contributed by atoms with Crippen molar-refractivity contribution < 1.29 is 14.7 Å². The molecule has 0 aromatic heterocycles. The fourth-order valence-electron chi connectivity index (χ4n) is 4.11. The standard InChI is InChI=1S/C16H26N2O3/c1-2-6-16(13(19)20)7-3-10-18(16)14(21)17-11-15(8-9-15)12-4-5-12/h12H,2-11H2,1H3,(H,17,21)(H,19,20). The molecule has 2 amide bonds. The third-order valence-corrected chi connectivity index (χ3v) is 5.72. The molecule has 3 rings (SSSR count). The van der Waals surface area contributed by atoms with Crippen LogP contribution in [0.1, 0.15) is 58.3 Å². The van der Waals surface area contributed by atoms with Crippen LogP contribution in [-0.4, -0.2) is 40.6 Å². The summed E-state index contributed by atoms with van der Waals surface area (Å²) in [6.45, 7) is 3.27. The Morgan fingerprint density at radius 1 is 1.29 bits per heavy atom. The number of carboxylic acid groups (broad SMARTS) is 1. The first-order chi connectivity index (χ1) is 10.0. The number of hydrogen-bond acceptors (Lipinski definition) is 2. The zero-order valence-electron chi connectivity index (χ0n) is 12.9. The molecule has 0 aromatic rings. The lowest BCUT2D eigenvalue weighted by atomic mass is 9.91. The van der Waals surface area contributed by atoms with Gasteiger partial charge >= 0.3 is 12.0 Å². The zero-order chi connectivity index (χ0) is 15.1. The summed E-state index contributed by atoms with van der Waals surface area (Å²) in [5.74, 6) is -0.0448. The first-order valence-corrected chi connectivity index (χ1v) is 8.33. The molecule has 1 unspecified atom stereocenters. The Morgan fingerprint density at radius 3 is 2.52 bits per heavy atom. The second kappa shape index (κ2) is 5.18. The molecule has 2 aliphatic carbocycles. The summed E-state index contributed by atoms with van der Waals surface area (Å²) < 4.78 is 0. The minimum absolute atomic E-state index is 0.171. The molecule has 5 nitrogen and oxygen atoms in total. The highest BCUT2D eigenvalue weighted by Crippen LogP contribution is 2.60. The lowest BCUT2D eigenvalue weighted by Gasteiger charge is -2.35. The molecule has 0 bridgehead atoms. The average Bonchev–Trinajstić information content (AvgIpc) is 3.34. The van der Waals surface area contributed by atoms with Gasteiger partial charge in [-0.1, -0.05) is 13.3 Å².